The quantitative estimate of drug-likeness (QED) is 0.691. The number of carbonyl (C=O) groups excluding carboxylic acids is 1. The van der Waals surface area contributed by atoms with Crippen molar-refractivity contribution in [3.8, 4) is 0 Å². The predicted octanol–water partition coefficient (Wildman–Crippen LogP) is 2.68. The molecule has 8 heteroatoms. The van der Waals surface area contributed by atoms with Gasteiger partial charge in [0.25, 0.3) is 5.91 Å². The van der Waals surface area contributed by atoms with Gasteiger partial charge in [-0.3, -0.25) is 9.79 Å². The van der Waals surface area contributed by atoms with Crippen LogP contribution in [-0.4, -0.2) is 57.8 Å². The van der Waals surface area contributed by atoms with E-state index in [0.717, 1.165) is 42.1 Å². The van der Waals surface area contributed by atoms with Crippen molar-refractivity contribution in [1.82, 2.24) is 19.6 Å². The Hall–Kier alpha value is -3.00. The van der Waals surface area contributed by atoms with E-state index in [-0.39, 0.29) is 5.91 Å². The fourth-order valence-electron chi connectivity index (χ4n) is 3.72. The first kappa shape index (κ1) is 20.3. The van der Waals surface area contributed by atoms with Gasteiger partial charge in [0.1, 0.15) is 17.2 Å². The molecule has 0 aromatic carbocycles. The lowest BCUT2D eigenvalue weighted by Gasteiger charge is -2.18. The van der Waals surface area contributed by atoms with Gasteiger partial charge in [0.05, 0.1) is 17.6 Å². The van der Waals surface area contributed by atoms with E-state index in [1.807, 2.05) is 36.7 Å². The normalized spacial score (nSPS) is 20.1. The summed E-state index contributed by atoms with van der Waals surface area (Å²) in [5.74, 6) is 0.456. The zero-order chi connectivity index (χ0) is 21.3. The molecule has 30 heavy (non-hydrogen) atoms. The number of nitrogens with one attached hydrogen (secondary N) is 2. The maximum atomic E-state index is 12.6. The van der Waals surface area contributed by atoms with Gasteiger partial charge < -0.3 is 19.9 Å². The monoisotopic (exact) mass is 407 g/mol. The Morgan fingerprint density at radius 3 is 2.80 bits per heavy atom. The molecule has 2 aromatic rings. The number of nitrogens with zero attached hydrogens (tertiary/aromatic N) is 5. The van der Waals surface area contributed by atoms with Gasteiger partial charge in [-0.05, 0) is 58.4 Å². The van der Waals surface area contributed by atoms with E-state index in [1.165, 1.54) is 12.8 Å². The topological polar surface area (TPSA) is 86.4 Å². The summed E-state index contributed by atoms with van der Waals surface area (Å²) in [4.78, 5) is 27.7. The van der Waals surface area contributed by atoms with E-state index in [0.29, 0.717) is 23.6 Å². The van der Waals surface area contributed by atoms with E-state index >= 15 is 0 Å². The Balaban J connectivity index is 1.42. The minimum absolute atomic E-state index is 0.247. The van der Waals surface area contributed by atoms with Crippen LogP contribution in [0.1, 0.15) is 37.4 Å². The lowest BCUT2D eigenvalue weighted by molar-refractivity contribution is -0.110. The van der Waals surface area contributed by atoms with Crippen LogP contribution in [0.5, 0.6) is 0 Å². The van der Waals surface area contributed by atoms with Crippen molar-refractivity contribution in [2.24, 2.45) is 9.98 Å². The number of likely N-dealkylation sites (tertiary alicyclic amines) is 1. The molecule has 2 aromatic heterocycles. The van der Waals surface area contributed by atoms with Crippen LogP contribution >= 0.6 is 0 Å². The van der Waals surface area contributed by atoms with Crippen LogP contribution in [0.4, 0.5) is 5.69 Å². The summed E-state index contributed by atoms with van der Waals surface area (Å²) in [6.45, 7) is 11.1. The Morgan fingerprint density at radius 1 is 1.27 bits per heavy atom. The number of anilines is 1. The maximum absolute atomic E-state index is 12.6. The summed E-state index contributed by atoms with van der Waals surface area (Å²) >= 11 is 0. The van der Waals surface area contributed by atoms with E-state index < -0.39 is 0 Å². The molecule has 0 spiro atoms. The number of amides is 1. The SMILES string of the molecule is C=N/C(=C\N=C(C)C(=O)Nc1cn2cc(C)nc2cc1C)N1CCC(NC2CC2)C1. The van der Waals surface area contributed by atoms with Crippen LogP contribution in [0, 0.1) is 13.8 Å². The number of aryl methyl sites for hydroxylation is 2. The molecule has 1 saturated heterocycles. The zero-order valence-corrected chi connectivity index (χ0v) is 17.9. The highest BCUT2D eigenvalue weighted by Gasteiger charge is 2.29. The number of fused-ring (bicyclic) bond motifs is 1. The number of imidazole rings is 1. The number of carbonyl (C=O) groups is 1. The van der Waals surface area contributed by atoms with Gasteiger partial charge in [-0.1, -0.05) is 0 Å². The van der Waals surface area contributed by atoms with Crippen LogP contribution < -0.4 is 10.6 Å². The number of pyridine rings is 1. The van der Waals surface area contributed by atoms with Crippen molar-refractivity contribution < 1.29 is 4.79 Å². The zero-order valence-electron chi connectivity index (χ0n) is 17.9. The third kappa shape index (κ3) is 4.59. The molecule has 4 rings (SSSR count). The number of rotatable bonds is 7. The Morgan fingerprint density at radius 2 is 2.07 bits per heavy atom. The molecule has 0 bridgehead atoms. The van der Waals surface area contributed by atoms with Gasteiger partial charge in [0.2, 0.25) is 0 Å². The Bertz CT molecular complexity index is 1030. The Labute approximate surface area is 176 Å². The number of aliphatic imine (C=N–C) groups is 2. The fraction of sp³-hybridized carbons (Fsp3) is 0.455. The second-order valence-electron chi connectivity index (χ2n) is 8.20. The molecule has 2 fully saturated rings. The van der Waals surface area contributed by atoms with Crippen molar-refractivity contribution in [3.05, 3.63) is 41.7 Å². The lowest BCUT2D eigenvalue weighted by Crippen LogP contribution is -2.33. The number of hydrogen-bond acceptors (Lipinski definition) is 6. The van der Waals surface area contributed by atoms with Crippen molar-refractivity contribution in [1.29, 1.82) is 0 Å². The first-order valence-electron chi connectivity index (χ1n) is 10.4. The van der Waals surface area contributed by atoms with Gasteiger partial charge >= 0.3 is 0 Å². The molecule has 1 atom stereocenters. The molecule has 1 aliphatic heterocycles. The third-order valence-electron chi connectivity index (χ3n) is 5.59. The van der Waals surface area contributed by atoms with E-state index in [1.54, 1.807) is 13.1 Å². The molecule has 1 amide bonds. The average Bonchev–Trinajstić information content (AvgIpc) is 3.28. The maximum Gasteiger partial charge on any atom is 0.269 e. The summed E-state index contributed by atoms with van der Waals surface area (Å²) in [5.41, 5.74) is 3.84. The Kier molecular flexibility index (Phi) is 5.67. The highest BCUT2D eigenvalue weighted by Crippen LogP contribution is 2.23. The highest BCUT2D eigenvalue weighted by atomic mass is 16.1. The predicted molar refractivity (Wildman–Crippen MR) is 120 cm³/mol. The van der Waals surface area contributed by atoms with Gasteiger partial charge in [0.15, 0.2) is 0 Å². The molecule has 8 nitrogen and oxygen atoms in total. The van der Waals surface area contributed by atoms with Gasteiger partial charge in [-0.2, -0.15) is 0 Å². The molecule has 1 aliphatic carbocycles. The molecule has 158 valence electrons. The molecule has 1 saturated carbocycles. The van der Waals surface area contributed by atoms with Crippen molar-refractivity contribution in [2.45, 2.75) is 52.1 Å². The first-order valence-corrected chi connectivity index (χ1v) is 10.4. The van der Waals surface area contributed by atoms with Crippen LogP contribution in [0.2, 0.25) is 0 Å². The van der Waals surface area contributed by atoms with E-state index in [2.05, 4.69) is 37.2 Å². The minimum Gasteiger partial charge on any atom is -0.354 e. The summed E-state index contributed by atoms with van der Waals surface area (Å²) in [7, 11) is 0. The second-order valence-corrected chi connectivity index (χ2v) is 8.20. The van der Waals surface area contributed by atoms with E-state index in [4.69, 9.17) is 0 Å². The summed E-state index contributed by atoms with van der Waals surface area (Å²) in [6.07, 6.45) is 9.09. The van der Waals surface area contributed by atoms with Crippen LogP contribution in [-0.2, 0) is 4.79 Å². The summed E-state index contributed by atoms with van der Waals surface area (Å²) < 4.78 is 1.91. The molecule has 2 aliphatic rings. The van der Waals surface area contributed by atoms with Crippen LogP contribution in [0.3, 0.4) is 0 Å². The molecular formula is C22H29N7O. The third-order valence-corrected chi connectivity index (χ3v) is 5.59. The van der Waals surface area contributed by atoms with Crippen molar-refractivity contribution in [3.63, 3.8) is 0 Å². The molecule has 3 heterocycles. The summed E-state index contributed by atoms with van der Waals surface area (Å²) in [6, 6.07) is 3.13. The average molecular weight is 408 g/mol. The first-order chi connectivity index (χ1) is 14.4. The van der Waals surface area contributed by atoms with Crippen LogP contribution in [0.15, 0.2) is 40.5 Å². The minimum atomic E-state index is -0.247. The van der Waals surface area contributed by atoms with E-state index in [9.17, 15) is 4.79 Å². The van der Waals surface area contributed by atoms with Crippen LogP contribution in [0.25, 0.3) is 5.65 Å². The van der Waals surface area contributed by atoms with Crippen molar-refractivity contribution >= 4 is 29.7 Å². The molecule has 2 N–H and O–H groups in total. The fourth-order valence-corrected chi connectivity index (χ4v) is 3.72. The van der Waals surface area contributed by atoms with Gasteiger partial charge in [0, 0.05) is 37.6 Å². The second kappa shape index (κ2) is 8.39. The molecule has 1 unspecified atom stereocenters. The smallest absolute Gasteiger partial charge is 0.269 e. The summed E-state index contributed by atoms with van der Waals surface area (Å²) in [5, 5.41) is 6.60. The standard InChI is InChI=1S/C22H29N7O/c1-14-9-20-25-15(2)11-29(20)13-19(14)27-22(30)16(3)24-10-21(23-4)28-8-7-18(12-28)26-17-5-6-17/h9-11,13,17-18,26H,4-8,12H2,1-3H3,(H,27,30)/b21-10+,24-16?. The molecule has 0 radical (unpaired) electrons. The van der Waals surface area contributed by atoms with Gasteiger partial charge in [-0.25, -0.2) is 9.98 Å². The lowest BCUT2D eigenvalue weighted by atomic mass is 10.2. The number of hydrogen-bond donors (Lipinski definition) is 2. The highest BCUT2D eigenvalue weighted by molar-refractivity contribution is 6.42. The van der Waals surface area contributed by atoms with Crippen molar-refractivity contribution in [2.75, 3.05) is 18.4 Å². The largest absolute Gasteiger partial charge is 0.354 e. The number of aromatic nitrogens is 2. The molecular weight excluding hydrogens is 378 g/mol. The van der Waals surface area contributed by atoms with Gasteiger partial charge in [-0.15, -0.1) is 0 Å².